The van der Waals surface area contributed by atoms with Crippen molar-refractivity contribution in [2.45, 2.75) is 19.5 Å². The first-order chi connectivity index (χ1) is 11.8. The first-order valence-electron chi connectivity index (χ1n) is 8.20. The van der Waals surface area contributed by atoms with Gasteiger partial charge in [0.2, 0.25) is 0 Å². The Labute approximate surface area is 142 Å². The van der Waals surface area contributed by atoms with Crippen LogP contribution in [0.15, 0.2) is 61.2 Å². The quantitative estimate of drug-likeness (QED) is 0.509. The maximum absolute atomic E-state index is 5.29. The van der Waals surface area contributed by atoms with Crippen LogP contribution in [0, 0.1) is 0 Å². The van der Waals surface area contributed by atoms with Gasteiger partial charge in [0.15, 0.2) is 0 Å². The fourth-order valence-corrected chi connectivity index (χ4v) is 2.83. The predicted molar refractivity (Wildman–Crippen MR) is 98.3 cm³/mol. The van der Waals surface area contributed by atoms with Crippen LogP contribution < -0.4 is 10.1 Å². The summed E-state index contributed by atoms with van der Waals surface area (Å²) >= 11 is 0. The molecule has 3 rings (SSSR count). The van der Waals surface area contributed by atoms with Gasteiger partial charge in [-0.05, 0) is 30.7 Å². The van der Waals surface area contributed by atoms with Crippen molar-refractivity contribution < 1.29 is 4.74 Å². The van der Waals surface area contributed by atoms with Crippen molar-refractivity contribution in [1.82, 2.24) is 14.9 Å². The molecule has 4 nitrogen and oxygen atoms in total. The van der Waals surface area contributed by atoms with Crippen molar-refractivity contribution in [3.63, 3.8) is 0 Å². The monoisotopic (exact) mass is 321 g/mol. The van der Waals surface area contributed by atoms with Gasteiger partial charge in [0.05, 0.1) is 24.7 Å². The fourth-order valence-electron chi connectivity index (χ4n) is 2.83. The minimum Gasteiger partial charge on any atom is -0.497 e. The molecule has 0 aliphatic carbocycles. The average molecular weight is 321 g/mol. The largest absolute Gasteiger partial charge is 0.497 e. The van der Waals surface area contributed by atoms with Gasteiger partial charge in [-0.25, -0.2) is 4.98 Å². The zero-order valence-corrected chi connectivity index (χ0v) is 14.0. The molecule has 0 saturated carbocycles. The second kappa shape index (κ2) is 7.79. The zero-order valence-electron chi connectivity index (χ0n) is 14.0. The highest BCUT2D eigenvalue weighted by Gasteiger charge is 2.10. The van der Waals surface area contributed by atoms with Gasteiger partial charge >= 0.3 is 0 Å². The Hall–Kier alpha value is -2.59. The van der Waals surface area contributed by atoms with Crippen LogP contribution in [0.25, 0.3) is 11.0 Å². The second-order valence-electron chi connectivity index (χ2n) is 5.69. The summed E-state index contributed by atoms with van der Waals surface area (Å²) < 4.78 is 7.49. The van der Waals surface area contributed by atoms with Crippen LogP contribution in [0.2, 0.25) is 0 Å². The number of hydrogen-bond donors (Lipinski definition) is 1. The van der Waals surface area contributed by atoms with Crippen LogP contribution in [0.4, 0.5) is 0 Å². The first-order valence-corrected chi connectivity index (χ1v) is 8.20. The van der Waals surface area contributed by atoms with E-state index in [4.69, 9.17) is 9.72 Å². The number of benzene rings is 2. The number of imidazole rings is 1. The number of methoxy groups -OCH3 is 1. The van der Waals surface area contributed by atoms with Crippen molar-refractivity contribution in [1.29, 1.82) is 0 Å². The molecule has 0 unspecified atom stereocenters. The molecule has 4 heteroatoms. The van der Waals surface area contributed by atoms with E-state index in [1.807, 2.05) is 24.3 Å². The lowest BCUT2D eigenvalue weighted by atomic mass is 10.1. The summed E-state index contributed by atoms with van der Waals surface area (Å²) in [5.41, 5.74) is 3.40. The Balaban J connectivity index is 1.70. The number of allylic oxidation sites excluding steroid dienone is 1. The number of hydrogen-bond acceptors (Lipinski definition) is 3. The highest BCUT2D eigenvalue weighted by atomic mass is 16.5. The molecule has 3 aromatic rings. The van der Waals surface area contributed by atoms with Gasteiger partial charge in [-0.3, -0.25) is 0 Å². The standard InChI is InChI=1S/C20H23N3O/c1-3-13-23-19-10-9-17(24-2)14-18(19)22-20(23)15-21-12-11-16-7-5-4-6-8-16/h3-10,14,21H,1,11-13,15H2,2H3. The van der Waals surface area contributed by atoms with Gasteiger partial charge in [-0.2, -0.15) is 0 Å². The predicted octanol–water partition coefficient (Wildman–Crippen LogP) is 3.56. The van der Waals surface area contributed by atoms with Crippen LogP contribution in [0.3, 0.4) is 0 Å². The molecule has 0 saturated heterocycles. The minimum absolute atomic E-state index is 0.734. The van der Waals surface area contributed by atoms with E-state index in [1.54, 1.807) is 7.11 Å². The van der Waals surface area contributed by atoms with Gasteiger partial charge in [-0.1, -0.05) is 36.4 Å². The third-order valence-corrected chi connectivity index (χ3v) is 4.06. The molecule has 1 heterocycles. The molecule has 0 amide bonds. The average Bonchev–Trinajstić information content (AvgIpc) is 2.97. The third-order valence-electron chi connectivity index (χ3n) is 4.06. The molecule has 124 valence electrons. The van der Waals surface area contributed by atoms with Crippen molar-refractivity contribution in [2.75, 3.05) is 13.7 Å². The molecule has 0 fully saturated rings. The van der Waals surface area contributed by atoms with Gasteiger partial charge in [0, 0.05) is 12.6 Å². The van der Waals surface area contributed by atoms with Crippen LogP contribution in [0.1, 0.15) is 11.4 Å². The Morgan fingerprint density at radius 2 is 2.04 bits per heavy atom. The lowest BCUT2D eigenvalue weighted by Crippen LogP contribution is -2.19. The van der Waals surface area contributed by atoms with E-state index >= 15 is 0 Å². The molecule has 1 N–H and O–H groups in total. The number of nitrogens with one attached hydrogen (secondary N) is 1. The minimum atomic E-state index is 0.734. The Morgan fingerprint density at radius 3 is 2.79 bits per heavy atom. The number of rotatable bonds is 8. The van der Waals surface area contributed by atoms with E-state index in [0.29, 0.717) is 0 Å². The SMILES string of the molecule is C=CCn1c(CNCCc2ccccc2)nc2cc(OC)ccc21. The normalized spacial score (nSPS) is 10.9. The number of ether oxygens (including phenoxy) is 1. The summed E-state index contributed by atoms with van der Waals surface area (Å²) in [5.74, 6) is 1.85. The third kappa shape index (κ3) is 3.66. The molecular formula is C20H23N3O. The Kier molecular flexibility index (Phi) is 5.29. The van der Waals surface area contributed by atoms with E-state index in [2.05, 4.69) is 46.8 Å². The molecule has 2 aromatic carbocycles. The molecule has 24 heavy (non-hydrogen) atoms. The van der Waals surface area contributed by atoms with Crippen LogP contribution >= 0.6 is 0 Å². The van der Waals surface area contributed by atoms with Crippen LogP contribution in [-0.4, -0.2) is 23.2 Å². The van der Waals surface area contributed by atoms with Crippen molar-refractivity contribution in [3.8, 4) is 5.75 Å². The zero-order chi connectivity index (χ0) is 16.8. The number of aromatic nitrogens is 2. The van der Waals surface area contributed by atoms with E-state index in [9.17, 15) is 0 Å². The maximum Gasteiger partial charge on any atom is 0.124 e. The highest BCUT2D eigenvalue weighted by Crippen LogP contribution is 2.22. The first kappa shape index (κ1) is 16.3. The topological polar surface area (TPSA) is 39.1 Å². The Morgan fingerprint density at radius 1 is 1.21 bits per heavy atom. The van der Waals surface area contributed by atoms with Gasteiger partial charge in [-0.15, -0.1) is 6.58 Å². The summed E-state index contributed by atoms with van der Waals surface area (Å²) in [4.78, 5) is 4.76. The molecule has 0 bridgehead atoms. The molecule has 0 spiro atoms. The second-order valence-corrected chi connectivity index (χ2v) is 5.69. The van der Waals surface area contributed by atoms with E-state index in [0.717, 1.165) is 48.7 Å². The summed E-state index contributed by atoms with van der Waals surface area (Å²) in [5, 5.41) is 3.49. The van der Waals surface area contributed by atoms with Gasteiger partial charge in [0.1, 0.15) is 11.6 Å². The lowest BCUT2D eigenvalue weighted by molar-refractivity contribution is 0.415. The van der Waals surface area contributed by atoms with E-state index < -0.39 is 0 Å². The summed E-state index contributed by atoms with van der Waals surface area (Å²) in [6.45, 7) is 6.26. The molecular weight excluding hydrogens is 298 g/mol. The number of fused-ring (bicyclic) bond motifs is 1. The fraction of sp³-hybridized carbons (Fsp3) is 0.250. The van der Waals surface area contributed by atoms with Crippen molar-refractivity contribution in [3.05, 3.63) is 72.6 Å². The highest BCUT2D eigenvalue weighted by molar-refractivity contribution is 5.77. The smallest absolute Gasteiger partial charge is 0.124 e. The molecule has 0 radical (unpaired) electrons. The number of nitrogens with zero attached hydrogens (tertiary/aromatic N) is 2. The molecule has 0 aliphatic rings. The lowest BCUT2D eigenvalue weighted by Gasteiger charge is -2.08. The van der Waals surface area contributed by atoms with Gasteiger partial charge < -0.3 is 14.6 Å². The summed E-state index contributed by atoms with van der Waals surface area (Å²) in [7, 11) is 1.67. The van der Waals surface area contributed by atoms with Crippen molar-refractivity contribution in [2.24, 2.45) is 0 Å². The van der Waals surface area contributed by atoms with Gasteiger partial charge in [0.25, 0.3) is 0 Å². The molecule has 0 atom stereocenters. The van der Waals surface area contributed by atoms with E-state index in [-0.39, 0.29) is 0 Å². The van der Waals surface area contributed by atoms with E-state index in [1.165, 1.54) is 5.56 Å². The Bertz CT molecular complexity index is 808. The molecule has 1 aromatic heterocycles. The molecule has 0 aliphatic heterocycles. The summed E-state index contributed by atoms with van der Waals surface area (Å²) in [6.07, 6.45) is 2.91. The van der Waals surface area contributed by atoms with Crippen molar-refractivity contribution >= 4 is 11.0 Å². The summed E-state index contributed by atoms with van der Waals surface area (Å²) in [6, 6.07) is 16.5. The van der Waals surface area contributed by atoms with Crippen LogP contribution in [-0.2, 0) is 19.5 Å². The van der Waals surface area contributed by atoms with Crippen LogP contribution in [0.5, 0.6) is 5.75 Å². The maximum atomic E-state index is 5.29.